The lowest BCUT2D eigenvalue weighted by Gasteiger charge is -2.10. The number of rotatable bonds is 6. The molecule has 0 fully saturated rings. The molecule has 2 aromatic carbocycles. The van der Waals surface area contributed by atoms with Crippen LogP contribution in [-0.4, -0.2) is 27.9 Å². The van der Waals surface area contributed by atoms with Crippen molar-refractivity contribution in [1.82, 2.24) is 14.9 Å². The first-order valence-electron chi connectivity index (χ1n) is 10.4. The van der Waals surface area contributed by atoms with E-state index >= 15 is 0 Å². The topological polar surface area (TPSA) is 96.0 Å². The summed E-state index contributed by atoms with van der Waals surface area (Å²) in [6, 6.07) is 11.2. The number of anilines is 1. The quantitative estimate of drug-likeness (QED) is 0.284. The maximum atomic E-state index is 12.4. The molecule has 2 aromatic heterocycles. The van der Waals surface area contributed by atoms with E-state index in [1.807, 2.05) is 0 Å². The van der Waals surface area contributed by atoms with Crippen LogP contribution in [0.15, 0.2) is 59.7 Å². The number of nitrogens with zero attached hydrogens (tertiary/aromatic N) is 1. The molecule has 0 spiro atoms. The molecule has 180 valence electrons. The fourth-order valence-electron chi connectivity index (χ4n) is 3.56. The molecule has 3 N–H and O–H groups in total. The third-order valence-corrected chi connectivity index (χ3v) is 6.51. The minimum absolute atomic E-state index is 0.213. The zero-order valence-corrected chi connectivity index (χ0v) is 21.0. The largest absolute Gasteiger partial charge is 0.360 e. The summed E-state index contributed by atoms with van der Waals surface area (Å²) in [5.41, 5.74) is 2.43. The predicted molar refractivity (Wildman–Crippen MR) is 140 cm³/mol. The van der Waals surface area contributed by atoms with E-state index in [1.165, 1.54) is 22.9 Å². The van der Waals surface area contributed by atoms with Crippen molar-refractivity contribution >= 4 is 74.8 Å². The molecule has 7 nitrogen and oxygen atoms in total. The van der Waals surface area contributed by atoms with Crippen molar-refractivity contribution in [3.8, 4) is 0 Å². The monoisotopic (exact) mass is 550 g/mol. The number of hydrogen-bond acceptors (Lipinski definition) is 3. The second kappa shape index (κ2) is 10.7. The van der Waals surface area contributed by atoms with Crippen molar-refractivity contribution in [2.75, 3.05) is 11.9 Å². The van der Waals surface area contributed by atoms with Gasteiger partial charge in [-0.25, -0.2) is 0 Å². The number of halogens is 4. The van der Waals surface area contributed by atoms with Crippen LogP contribution in [0.3, 0.4) is 0 Å². The van der Waals surface area contributed by atoms with E-state index in [-0.39, 0.29) is 18.6 Å². The Labute approximate surface area is 219 Å². The van der Waals surface area contributed by atoms with E-state index in [0.29, 0.717) is 32.2 Å². The van der Waals surface area contributed by atoms with Crippen LogP contribution < -0.4 is 16.2 Å². The fourth-order valence-corrected chi connectivity index (χ4v) is 4.43. The molecule has 0 aliphatic rings. The molecular formula is C24H18Cl4N4O3. The van der Waals surface area contributed by atoms with Gasteiger partial charge in [0.05, 0.1) is 32.8 Å². The van der Waals surface area contributed by atoms with Gasteiger partial charge in [-0.3, -0.25) is 14.4 Å². The van der Waals surface area contributed by atoms with E-state index in [2.05, 4.69) is 15.6 Å². The highest BCUT2D eigenvalue weighted by Gasteiger charge is 2.15. The number of fused-ring (bicyclic) bond motifs is 1. The minimum atomic E-state index is -0.852. The molecule has 0 aliphatic carbocycles. The number of hydrogen-bond donors (Lipinski definition) is 3. The number of nitrogens with one attached hydrogen (secondary N) is 3. The molecule has 0 saturated carbocycles. The number of amides is 2. The van der Waals surface area contributed by atoms with Crippen LogP contribution in [0.4, 0.5) is 5.69 Å². The number of aromatic nitrogens is 2. The number of carbonyl (C=O) groups is 2. The minimum Gasteiger partial charge on any atom is -0.360 e. The van der Waals surface area contributed by atoms with Crippen LogP contribution in [0.5, 0.6) is 0 Å². The van der Waals surface area contributed by atoms with Gasteiger partial charge < -0.3 is 20.2 Å². The zero-order chi connectivity index (χ0) is 25.1. The molecule has 0 aliphatic heterocycles. The first-order chi connectivity index (χ1) is 16.7. The summed E-state index contributed by atoms with van der Waals surface area (Å²) in [7, 11) is 0. The predicted octanol–water partition coefficient (Wildman–Crippen LogP) is 5.29. The van der Waals surface area contributed by atoms with E-state index in [9.17, 15) is 14.4 Å². The van der Waals surface area contributed by atoms with Crippen LogP contribution >= 0.6 is 46.4 Å². The Morgan fingerprint density at radius 2 is 1.71 bits per heavy atom. The third kappa shape index (κ3) is 6.00. The molecule has 0 saturated heterocycles. The smallest absolute Gasteiger partial charge is 0.313 e. The Bertz CT molecular complexity index is 1500. The molecule has 4 rings (SSSR count). The summed E-state index contributed by atoms with van der Waals surface area (Å²) in [6.45, 7) is 0.435. The van der Waals surface area contributed by atoms with Gasteiger partial charge in [0.15, 0.2) is 0 Å². The van der Waals surface area contributed by atoms with Crippen molar-refractivity contribution < 1.29 is 9.59 Å². The van der Waals surface area contributed by atoms with Crippen LogP contribution in [0.2, 0.25) is 20.1 Å². The molecule has 0 radical (unpaired) electrons. The molecule has 2 heterocycles. The highest BCUT2D eigenvalue weighted by molar-refractivity contribution is 6.42. The van der Waals surface area contributed by atoms with Crippen molar-refractivity contribution in [2.45, 2.75) is 13.0 Å². The lowest BCUT2D eigenvalue weighted by Crippen LogP contribution is -2.36. The molecule has 0 unspecified atom stereocenters. The van der Waals surface area contributed by atoms with Gasteiger partial charge in [0.25, 0.3) is 5.56 Å². The van der Waals surface area contributed by atoms with Gasteiger partial charge in [-0.15, -0.1) is 0 Å². The van der Waals surface area contributed by atoms with Gasteiger partial charge in [0, 0.05) is 35.4 Å². The molecular weight excluding hydrogens is 534 g/mol. The van der Waals surface area contributed by atoms with Crippen molar-refractivity contribution in [3.63, 3.8) is 0 Å². The Morgan fingerprint density at radius 1 is 0.914 bits per heavy atom. The molecule has 2 amide bonds. The van der Waals surface area contributed by atoms with Crippen LogP contribution in [0, 0.1) is 0 Å². The second-order valence-electron chi connectivity index (χ2n) is 7.72. The number of benzene rings is 2. The van der Waals surface area contributed by atoms with Gasteiger partial charge in [-0.05, 0) is 47.9 Å². The lowest BCUT2D eigenvalue weighted by atomic mass is 10.1. The maximum Gasteiger partial charge on any atom is 0.313 e. The highest BCUT2D eigenvalue weighted by Crippen LogP contribution is 2.29. The van der Waals surface area contributed by atoms with Crippen LogP contribution in [-0.2, 0) is 22.6 Å². The van der Waals surface area contributed by atoms with Crippen molar-refractivity contribution in [1.29, 1.82) is 0 Å². The maximum absolute atomic E-state index is 12.4. The average Bonchev–Trinajstić information content (AvgIpc) is 3.21. The Kier molecular flexibility index (Phi) is 7.72. The Balaban J connectivity index is 1.36. The average molecular weight is 552 g/mol. The molecule has 11 heteroatoms. The molecule has 0 atom stereocenters. The van der Waals surface area contributed by atoms with Gasteiger partial charge in [0.2, 0.25) is 0 Å². The highest BCUT2D eigenvalue weighted by atomic mass is 35.5. The molecule has 35 heavy (non-hydrogen) atoms. The van der Waals surface area contributed by atoms with Gasteiger partial charge in [0.1, 0.15) is 0 Å². The molecule has 4 aromatic rings. The second-order valence-corrected chi connectivity index (χ2v) is 9.37. The third-order valence-electron chi connectivity index (χ3n) is 5.26. The first-order valence-corrected chi connectivity index (χ1v) is 11.9. The van der Waals surface area contributed by atoms with Crippen molar-refractivity contribution in [3.05, 3.63) is 96.4 Å². The number of carbonyl (C=O) groups excluding carboxylic acids is 2. The van der Waals surface area contributed by atoms with Gasteiger partial charge in [-0.2, -0.15) is 0 Å². The van der Waals surface area contributed by atoms with E-state index < -0.39 is 11.8 Å². The summed E-state index contributed by atoms with van der Waals surface area (Å²) in [4.78, 5) is 40.0. The summed E-state index contributed by atoms with van der Waals surface area (Å²) in [6.07, 6.45) is 3.70. The zero-order valence-electron chi connectivity index (χ0n) is 18.0. The van der Waals surface area contributed by atoms with E-state index in [4.69, 9.17) is 46.4 Å². The van der Waals surface area contributed by atoms with Gasteiger partial charge in [-0.1, -0.05) is 52.5 Å². The summed E-state index contributed by atoms with van der Waals surface area (Å²) in [5.74, 6) is -1.65. The first kappa shape index (κ1) is 25.1. The number of H-pyrrole nitrogens is 1. The standard InChI is InChI=1S/C24H18Cl4N4O3/c25-15-8-17-14(10-30-22(17)20(28)9-15)5-6-29-23(34)24(35)31-16-2-4-21(33)32(12-16)11-13-1-3-18(26)19(27)7-13/h1-4,7-10,12,30H,5-6,11H2,(H,29,34)(H,31,35). The number of aromatic amines is 1. The SMILES string of the molecule is O=C(NCCc1c[nH]c2c(Cl)cc(Cl)cc12)C(=O)Nc1ccc(=O)n(Cc2ccc(Cl)c(Cl)c2)c1. The number of pyridine rings is 1. The van der Waals surface area contributed by atoms with Crippen LogP contribution in [0.1, 0.15) is 11.1 Å². The Hall–Kier alpha value is -2.97. The van der Waals surface area contributed by atoms with E-state index in [1.54, 1.807) is 36.5 Å². The Morgan fingerprint density at radius 3 is 2.49 bits per heavy atom. The summed E-state index contributed by atoms with van der Waals surface area (Å²) in [5, 5.41) is 7.73. The lowest BCUT2D eigenvalue weighted by molar-refractivity contribution is -0.136. The summed E-state index contributed by atoms with van der Waals surface area (Å²) >= 11 is 24.2. The summed E-state index contributed by atoms with van der Waals surface area (Å²) < 4.78 is 1.39. The van der Waals surface area contributed by atoms with E-state index in [0.717, 1.165) is 22.0 Å². The normalized spacial score (nSPS) is 11.0. The molecule has 0 bridgehead atoms. The van der Waals surface area contributed by atoms with Gasteiger partial charge >= 0.3 is 11.8 Å². The van der Waals surface area contributed by atoms with Crippen LogP contribution in [0.25, 0.3) is 10.9 Å². The van der Waals surface area contributed by atoms with Crippen molar-refractivity contribution in [2.24, 2.45) is 0 Å². The fraction of sp³-hybridized carbons (Fsp3) is 0.125.